The largest absolute Gasteiger partial charge is 0.470 e. The van der Waals surface area contributed by atoms with Gasteiger partial charge in [-0.05, 0) is 73.6 Å². The number of fused-ring (bicyclic) bond motifs is 1. The smallest absolute Gasteiger partial charge is 0.274 e. The summed E-state index contributed by atoms with van der Waals surface area (Å²) in [6, 6.07) is 5.85. The van der Waals surface area contributed by atoms with Gasteiger partial charge in [0.25, 0.3) is 5.91 Å². The Labute approximate surface area is 156 Å². The van der Waals surface area contributed by atoms with Gasteiger partial charge in [-0.2, -0.15) is 0 Å². The number of likely N-dealkylation sites (N-methyl/N-ethyl adjacent to an activating group) is 1. The highest BCUT2D eigenvalue weighted by Gasteiger charge is 2.30. The maximum Gasteiger partial charge on any atom is 0.274 e. The van der Waals surface area contributed by atoms with E-state index in [4.69, 9.17) is 4.74 Å². The van der Waals surface area contributed by atoms with Crippen LogP contribution >= 0.6 is 27.7 Å². The fourth-order valence-corrected chi connectivity index (χ4v) is 3.17. The molecule has 1 aromatic heterocycles. The lowest BCUT2D eigenvalue weighted by Gasteiger charge is -2.34. The van der Waals surface area contributed by atoms with Crippen LogP contribution in [0.25, 0.3) is 10.9 Å². The number of aryl methyl sites for hydroxylation is 1. The van der Waals surface area contributed by atoms with Gasteiger partial charge in [-0.25, -0.2) is 0 Å². The molecule has 1 amide bonds. The van der Waals surface area contributed by atoms with Crippen LogP contribution in [-0.2, 0) is 4.79 Å². The van der Waals surface area contributed by atoms with Gasteiger partial charge in [-0.1, -0.05) is 0 Å². The van der Waals surface area contributed by atoms with Gasteiger partial charge < -0.3 is 9.64 Å². The molecule has 0 aliphatic carbocycles. The van der Waals surface area contributed by atoms with E-state index in [1.807, 2.05) is 59.2 Å². The standard InChI is InChI=1S/C18H23BrN2O2S/c1-11-7-14(9-12-8-13(19)10-20-15(11)12)23-17(24-6)16(22)21(5)18(2,3)4/h7-10,17H,1-6H3. The molecule has 1 atom stereocenters. The molecule has 2 rings (SSSR count). The highest BCUT2D eigenvalue weighted by molar-refractivity contribution is 9.10. The zero-order valence-electron chi connectivity index (χ0n) is 14.9. The first-order chi connectivity index (χ1) is 11.1. The first-order valence-corrected chi connectivity index (χ1v) is 9.74. The highest BCUT2D eigenvalue weighted by atomic mass is 79.9. The minimum atomic E-state index is -0.578. The van der Waals surface area contributed by atoms with Gasteiger partial charge in [-0.15, -0.1) is 11.8 Å². The number of amides is 1. The number of benzene rings is 1. The van der Waals surface area contributed by atoms with Crippen LogP contribution in [0, 0.1) is 6.92 Å². The van der Waals surface area contributed by atoms with Crippen molar-refractivity contribution in [1.82, 2.24) is 9.88 Å². The molecule has 6 heteroatoms. The summed E-state index contributed by atoms with van der Waals surface area (Å²) in [4.78, 5) is 18.8. The minimum Gasteiger partial charge on any atom is -0.470 e. The zero-order valence-corrected chi connectivity index (χ0v) is 17.3. The van der Waals surface area contributed by atoms with Crippen molar-refractivity contribution in [2.45, 2.75) is 38.7 Å². The average Bonchev–Trinajstić information content (AvgIpc) is 2.49. The Kier molecular flexibility index (Phi) is 5.81. The Morgan fingerprint density at radius 1 is 1.33 bits per heavy atom. The predicted molar refractivity (Wildman–Crippen MR) is 105 cm³/mol. The number of carbonyl (C=O) groups is 1. The number of aromatic nitrogens is 1. The summed E-state index contributed by atoms with van der Waals surface area (Å²) < 4.78 is 6.91. The summed E-state index contributed by atoms with van der Waals surface area (Å²) in [5.41, 5.74) is 1.13. The highest BCUT2D eigenvalue weighted by Crippen LogP contribution is 2.28. The molecule has 4 nitrogen and oxygen atoms in total. The Bertz CT molecular complexity index is 759. The van der Waals surface area contributed by atoms with Crippen molar-refractivity contribution < 1.29 is 9.53 Å². The van der Waals surface area contributed by atoms with Crippen molar-refractivity contribution in [3.8, 4) is 5.75 Å². The lowest BCUT2D eigenvalue weighted by Crippen LogP contribution is -2.47. The third-order valence-corrected chi connectivity index (χ3v) is 5.07. The van der Waals surface area contributed by atoms with Gasteiger partial charge in [0, 0.05) is 28.6 Å². The molecule has 130 valence electrons. The molecule has 0 aliphatic rings. The molecule has 0 spiro atoms. The first-order valence-electron chi connectivity index (χ1n) is 7.66. The number of hydrogen-bond donors (Lipinski definition) is 0. The van der Waals surface area contributed by atoms with Crippen LogP contribution in [0.15, 0.2) is 28.9 Å². The molecule has 24 heavy (non-hydrogen) atoms. The number of pyridine rings is 1. The summed E-state index contributed by atoms with van der Waals surface area (Å²) in [7, 11) is 1.81. The fourth-order valence-electron chi connectivity index (χ4n) is 2.25. The maximum absolute atomic E-state index is 12.7. The van der Waals surface area contributed by atoms with Gasteiger partial charge in [0.2, 0.25) is 5.44 Å². The molecule has 0 saturated heterocycles. The molecule has 2 aromatic rings. The molecule has 0 N–H and O–H groups in total. The number of hydrogen-bond acceptors (Lipinski definition) is 4. The second kappa shape index (κ2) is 7.31. The van der Waals surface area contributed by atoms with E-state index in [0.29, 0.717) is 5.75 Å². The SMILES string of the molecule is CSC(Oc1cc(C)c2ncc(Br)cc2c1)C(=O)N(C)C(C)(C)C. The van der Waals surface area contributed by atoms with Gasteiger partial charge >= 0.3 is 0 Å². The Hall–Kier alpha value is -1.27. The second-order valence-corrected chi connectivity index (χ2v) is 8.53. The topological polar surface area (TPSA) is 42.4 Å². The first kappa shape index (κ1) is 19.1. The average molecular weight is 411 g/mol. The van der Waals surface area contributed by atoms with Gasteiger partial charge in [0.1, 0.15) is 5.75 Å². The summed E-state index contributed by atoms with van der Waals surface area (Å²) >= 11 is 4.84. The van der Waals surface area contributed by atoms with Crippen molar-refractivity contribution in [1.29, 1.82) is 0 Å². The fraction of sp³-hybridized carbons (Fsp3) is 0.444. The van der Waals surface area contributed by atoms with E-state index in [-0.39, 0.29) is 11.4 Å². The Morgan fingerprint density at radius 3 is 2.58 bits per heavy atom. The molecule has 0 saturated carbocycles. The van der Waals surface area contributed by atoms with Gasteiger partial charge in [0.05, 0.1) is 5.52 Å². The molecule has 1 unspecified atom stereocenters. The van der Waals surface area contributed by atoms with Crippen LogP contribution in [0.1, 0.15) is 26.3 Å². The van der Waals surface area contributed by atoms with Crippen LogP contribution in [0.2, 0.25) is 0 Å². The van der Waals surface area contributed by atoms with Crippen molar-refractivity contribution in [2.75, 3.05) is 13.3 Å². The van der Waals surface area contributed by atoms with Crippen molar-refractivity contribution in [3.63, 3.8) is 0 Å². The summed E-state index contributed by atoms with van der Waals surface area (Å²) in [5, 5.41) is 0.982. The normalized spacial score (nSPS) is 13.0. The molecule has 1 heterocycles. The number of nitrogens with zero attached hydrogens (tertiary/aromatic N) is 2. The lowest BCUT2D eigenvalue weighted by atomic mass is 10.1. The van der Waals surface area contributed by atoms with E-state index in [2.05, 4.69) is 20.9 Å². The summed E-state index contributed by atoms with van der Waals surface area (Å²) in [5.74, 6) is 0.634. The van der Waals surface area contributed by atoms with Crippen LogP contribution in [0.3, 0.4) is 0 Å². The van der Waals surface area contributed by atoms with Crippen molar-refractivity contribution in [3.05, 3.63) is 34.4 Å². The van der Waals surface area contributed by atoms with E-state index in [1.165, 1.54) is 11.8 Å². The number of halogens is 1. The number of rotatable bonds is 4. The van der Waals surface area contributed by atoms with Gasteiger partial charge in [0.15, 0.2) is 0 Å². The third kappa shape index (κ3) is 4.22. The van der Waals surface area contributed by atoms with E-state index >= 15 is 0 Å². The molecule has 0 aliphatic heterocycles. The van der Waals surface area contributed by atoms with Gasteiger partial charge in [-0.3, -0.25) is 9.78 Å². The molecule has 0 radical (unpaired) electrons. The minimum absolute atomic E-state index is 0.0416. The van der Waals surface area contributed by atoms with E-state index in [9.17, 15) is 4.79 Å². The van der Waals surface area contributed by atoms with Crippen molar-refractivity contribution in [2.24, 2.45) is 0 Å². The van der Waals surface area contributed by atoms with Crippen LogP contribution in [0.5, 0.6) is 5.75 Å². The van der Waals surface area contributed by atoms with Crippen LogP contribution in [-0.4, -0.2) is 40.1 Å². The Balaban J connectivity index is 2.31. The van der Waals surface area contributed by atoms with E-state index < -0.39 is 5.44 Å². The van der Waals surface area contributed by atoms with E-state index in [1.54, 1.807) is 11.1 Å². The Morgan fingerprint density at radius 2 is 2.00 bits per heavy atom. The van der Waals surface area contributed by atoms with Crippen LogP contribution < -0.4 is 4.74 Å². The third-order valence-electron chi connectivity index (χ3n) is 3.91. The summed E-state index contributed by atoms with van der Waals surface area (Å²) in [6.45, 7) is 8.01. The molecular formula is C18H23BrN2O2S. The zero-order chi connectivity index (χ0) is 18.1. The number of thioether (sulfide) groups is 1. The predicted octanol–water partition coefficient (Wildman–Crippen LogP) is 4.63. The monoisotopic (exact) mass is 410 g/mol. The number of ether oxygens (including phenoxy) is 1. The lowest BCUT2D eigenvalue weighted by molar-refractivity contribution is -0.137. The second-order valence-electron chi connectivity index (χ2n) is 6.72. The molecule has 0 bridgehead atoms. The van der Waals surface area contributed by atoms with E-state index in [0.717, 1.165) is 20.9 Å². The molecular weight excluding hydrogens is 388 g/mol. The van der Waals surface area contributed by atoms with Crippen LogP contribution in [0.4, 0.5) is 0 Å². The quantitative estimate of drug-likeness (QED) is 0.688. The maximum atomic E-state index is 12.7. The molecule has 0 fully saturated rings. The number of carbonyl (C=O) groups excluding carboxylic acids is 1. The summed E-state index contributed by atoms with van der Waals surface area (Å²) in [6.07, 6.45) is 3.66. The molecule has 1 aromatic carbocycles. The van der Waals surface area contributed by atoms with Crippen molar-refractivity contribution >= 4 is 44.5 Å².